The molecule has 1 atom stereocenters. The van der Waals surface area contributed by atoms with Gasteiger partial charge in [0.05, 0.1) is 18.7 Å². The molecule has 278 valence electrons. The van der Waals surface area contributed by atoms with Crippen LogP contribution in [0, 0.1) is 27.7 Å². The van der Waals surface area contributed by atoms with Crippen LogP contribution >= 0.6 is 0 Å². The number of fused-ring (bicyclic) bond motifs is 2. The Bertz CT molecular complexity index is 2550. The third-order valence-electron chi connectivity index (χ3n) is 9.08. The van der Waals surface area contributed by atoms with E-state index >= 15 is 0 Å². The lowest BCUT2D eigenvalue weighted by Crippen LogP contribution is -2.25. The summed E-state index contributed by atoms with van der Waals surface area (Å²) in [5, 5.41) is 21.7. The number of carbonyl (C=O) groups is 2. The number of rotatable bonds is 13. The zero-order valence-corrected chi connectivity index (χ0v) is 30.8. The van der Waals surface area contributed by atoms with Crippen molar-refractivity contribution in [3.05, 3.63) is 142 Å². The fourth-order valence-electron chi connectivity index (χ4n) is 6.52. The minimum absolute atomic E-state index is 0.238. The minimum Gasteiger partial charge on any atom is -0.483 e. The molecule has 5 N–H and O–H groups in total. The molecule has 0 bridgehead atoms. The quantitative estimate of drug-likeness (QED) is 0.0616. The number of carbonyl (C=O) groups excluding carboxylic acids is 2. The predicted molar refractivity (Wildman–Crippen MR) is 213 cm³/mol. The van der Waals surface area contributed by atoms with Crippen molar-refractivity contribution in [1.29, 1.82) is 0 Å². The number of ether oxygens (including phenoxy) is 2. The first-order chi connectivity index (χ1) is 26.6. The summed E-state index contributed by atoms with van der Waals surface area (Å²) < 4.78 is 17.8. The van der Waals surface area contributed by atoms with Crippen LogP contribution in [0.5, 0.6) is 11.5 Å². The minimum atomic E-state index is -1.08. The average Bonchev–Trinajstić information content (AvgIpc) is 3.95. The number of aliphatic hydroxyl groups is 1. The van der Waals surface area contributed by atoms with Crippen LogP contribution in [0.25, 0.3) is 32.9 Å². The topological polar surface area (TPSA) is 166 Å². The lowest BCUT2D eigenvalue weighted by Gasteiger charge is -2.16. The largest absolute Gasteiger partial charge is 0.483 e. The number of hydrogen-bond donors (Lipinski definition) is 5. The van der Waals surface area contributed by atoms with E-state index in [1.165, 1.54) is 0 Å². The number of nitrogens with zero attached hydrogens (tertiary/aromatic N) is 2. The molecule has 0 aliphatic heterocycles. The van der Waals surface area contributed by atoms with Crippen molar-refractivity contribution in [2.75, 3.05) is 13.2 Å². The van der Waals surface area contributed by atoms with E-state index in [-0.39, 0.29) is 13.2 Å². The number of H-pyrrole nitrogens is 2. The molecule has 0 fully saturated rings. The molecule has 7 aromatic rings. The van der Waals surface area contributed by atoms with Gasteiger partial charge in [-0.15, -0.1) is 0 Å². The summed E-state index contributed by atoms with van der Waals surface area (Å²) >= 11 is 0. The van der Waals surface area contributed by atoms with E-state index in [1.54, 1.807) is 36.9 Å². The van der Waals surface area contributed by atoms with E-state index < -0.39 is 17.9 Å². The van der Waals surface area contributed by atoms with Crippen molar-refractivity contribution in [3.63, 3.8) is 0 Å². The average molecular weight is 737 g/mol. The standard InChI is InChI=1S/C43H40N6O6/c1-25-13-26(2)43(55-24-40(51)49-47-21-30-6-8-32-10-12-45-37(32)18-30)35(14-25)34-19-38(53-22-34)41(52)33-15-27(3)42(28(4)16-33)54-23-39(50)48-46-20-29-5-7-31-9-11-44-36(31)17-29/h5-22,41,44-45,52H,23-24H2,1-4H3,(H,48,50)(H,49,51)/b46-20+,47-21+. The molecule has 12 heteroatoms. The van der Waals surface area contributed by atoms with E-state index in [1.807, 2.05) is 101 Å². The van der Waals surface area contributed by atoms with Crippen LogP contribution in [0.1, 0.15) is 50.8 Å². The SMILES string of the molecule is Cc1cc(C)c(OCC(=O)N/N=C/c2ccc3cc[nH]c3c2)c(-c2coc(C(O)c3cc(C)c(OCC(=O)N/N=C/c4ccc5cc[nH]c5c4)c(C)c3)c2)c1. The number of hydrazone groups is 2. The van der Waals surface area contributed by atoms with Gasteiger partial charge in [-0.1, -0.05) is 30.3 Å². The Hall–Kier alpha value is -6.92. The van der Waals surface area contributed by atoms with E-state index in [9.17, 15) is 14.7 Å². The maximum absolute atomic E-state index is 12.7. The fourth-order valence-corrected chi connectivity index (χ4v) is 6.52. The Morgan fingerprint density at radius 1 is 0.727 bits per heavy atom. The van der Waals surface area contributed by atoms with Crippen LogP contribution in [0.15, 0.2) is 112 Å². The molecule has 55 heavy (non-hydrogen) atoms. The molecule has 4 aromatic carbocycles. The molecule has 0 aliphatic carbocycles. The third kappa shape index (κ3) is 8.50. The number of benzene rings is 4. The molecule has 0 saturated heterocycles. The monoisotopic (exact) mass is 736 g/mol. The van der Waals surface area contributed by atoms with Crippen LogP contribution in [0.2, 0.25) is 0 Å². The molecule has 3 aromatic heterocycles. The Labute approximate surface area is 316 Å². The number of aryl methyl sites for hydroxylation is 4. The molecule has 2 amide bonds. The number of amides is 2. The third-order valence-corrected chi connectivity index (χ3v) is 9.08. The van der Waals surface area contributed by atoms with Crippen molar-refractivity contribution in [1.82, 2.24) is 20.8 Å². The van der Waals surface area contributed by atoms with E-state index in [0.29, 0.717) is 28.4 Å². The first-order valence-electron chi connectivity index (χ1n) is 17.6. The van der Waals surface area contributed by atoms with Gasteiger partial charge in [0.2, 0.25) is 0 Å². The van der Waals surface area contributed by atoms with Gasteiger partial charge in [-0.3, -0.25) is 9.59 Å². The molecular formula is C43H40N6O6. The number of nitrogens with one attached hydrogen (secondary N) is 4. The van der Waals surface area contributed by atoms with Crippen molar-refractivity contribution in [3.8, 4) is 22.6 Å². The van der Waals surface area contributed by atoms with Crippen LogP contribution < -0.4 is 20.3 Å². The van der Waals surface area contributed by atoms with E-state index in [0.717, 1.165) is 60.8 Å². The van der Waals surface area contributed by atoms with Gasteiger partial charge in [0.25, 0.3) is 11.8 Å². The highest BCUT2D eigenvalue weighted by atomic mass is 16.5. The molecule has 3 heterocycles. The highest BCUT2D eigenvalue weighted by Gasteiger charge is 2.21. The highest BCUT2D eigenvalue weighted by molar-refractivity contribution is 5.90. The Morgan fingerprint density at radius 2 is 1.27 bits per heavy atom. The smallest absolute Gasteiger partial charge is 0.277 e. The summed E-state index contributed by atoms with van der Waals surface area (Å²) in [6, 6.07) is 24.9. The van der Waals surface area contributed by atoms with Crippen LogP contribution in [-0.2, 0) is 9.59 Å². The van der Waals surface area contributed by atoms with Crippen molar-refractivity contribution in [2.45, 2.75) is 33.8 Å². The molecule has 0 radical (unpaired) electrons. The number of aromatic nitrogens is 2. The maximum atomic E-state index is 12.7. The predicted octanol–water partition coefficient (Wildman–Crippen LogP) is 7.28. The summed E-state index contributed by atoms with van der Waals surface area (Å²) in [6.07, 6.45) is 7.36. The molecule has 0 saturated carbocycles. The van der Waals surface area contributed by atoms with Gasteiger partial charge in [-0.05, 0) is 126 Å². The van der Waals surface area contributed by atoms with Gasteiger partial charge < -0.3 is 29.0 Å². The zero-order valence-electron chi connectivity index (χ0n) is 30.8. The summed E-state index contributed by atoms with van der Waals surface area (Å²) in [4.78, 5) is 31.5. The summed E-state index contributed by atoms with van der Waals surface area (Å²) in [6.45, 7) is 7.08. The maximum Gasteiger partial charge on any atom is 0.277 e. The summed E-state index contributed by atoms with van der Waals surface area (Å²) in [5.74, 6) is 0.556. The van der Waals surface area contributed by atoms with Crippen LogP contribution in [-0.4, -0.2) is 52.5 Å². The Morgan fingerprint density at radius 3 is 1.85 bits per heavy atom. The van der Waals surface area contributed by atoms with Crippen LogP contribution in [0.3, 0.4) is 0 Å². The number of hydrogen-bond acceptors (Lipinski definition) is 8. The van der Waals surface area contributed by atoms with Crippen molar-refractivity contribution < 1.29 is 28.6 Å². The van der Waals surface area contributed by atoms with Gasteiger partial charge in [0.1, 0.15) is 23.4 Å². The number of aromatic amines is 2. The van der Waals surface area contributed by atoms with Gasteiger partial charge in [-0.25, -0.2) is 10.9 Å². The second-order valence-corrected chi connectivity index (χ2v) is 13.4. The molecule has 12 nitrogen and oxygen atoms in total. The van der Waals surface area contributed by atoms with Gasteiger partial charge in [0, 0.05) is 34.6 Å². The lowest BCUT2D eigenvalue weighted by atomic mass is 9.98. The first kappa shape index (κ1) is 36.4. The highest BCUT2D eigenvalue weighted by Crippen LogP contribution is 2.38. The summed E-state index contributed by atoms with van der Waals surface area (Å²) in [7, 11) is 0. The van der Waals surface area contributed by atoms with Crippen molar-refractivity contribution in [2.24, 2.45) is 10.2 Å². The van der Waals surface area contributed by atoms with E-state index in [4.69, 9.17) is 13.9 Å². The fraction of sp³-hybridized carbons (Fsp3) is 0.163. The number of furan rings is 1. The molecule has 1 unspecified atom stereocenters. The summed E-state index contributed by atoms with van der Waals surface area (Å²) in [5.41, 5.74) is 14.0. The Kier molecular flexibility index (Phi) is 10.6. The van der Waals surface area contributed by atoms with Gasteiger partial charge >= 0.3 is 0 Å². The van der Waals surface area contributed by atoms with Gasteiger partial charge in [0.15, 0.2) is 13.2 Å². The second-order valence-electron chi connectivity index (χ2n) is 13.4. The van der Waals surface area contributed by atoms with Gasteiger partial charge in [-0.2, -0.15) is 10.2 Å². The normalized spacial score (nSPS) is 12.2. The van der Waals surface area contributed by atoms with Crippen molar-refractivity contribution >= 4 is 46.0 Å². The van der Waals surface area contributed by atoms with Crippen LogP contribution in [0.4, 0.5) is 0 Å². The lowest BCUT2D eigenvalue weighted by molar-refractivity contribution is -0.123. The second kappa shape index (κ2) is 16.0. The molecular weight excluding hydrogens is 697 g/mol. The van der Waals surface area contributed by atoms with E-state index in [2.05, 4.69) is 31.0 Å². The molecule has 0 aliphatic rings. The zero-order chi connectivity index (χ0) is 38.5. The number of aliphatic hydroxyl groups excluding tert-OH is 1. The molecule has 0 spiro atoms. The molecule has 7 rings (SSSR count). The first-order valence-corrected chi connectivity index (χ1v) is 17.6. The Balaban J connectivity index is 0.968.